The highest BCUT2D eigenvalue weighted by atomic mass is 19.1. The smallest absolute Gasteiger partial charge is 0.201 e. The minimum Gasteiger partial charge on any atom is -0.369 e. The molecule has 102 valence electrons. The normalized spacial score (nSPS) is 12.8. The number of nitrogens with two attached hydrogens (primary N) is 1. The van der Waals surface area contributed by atoms with Crippen LogP contribution in [0.25, 0.3) is 11.0 Å². The Morgan fingerprint density at radius 3 is 2.85 bits per heavy atom. The number of rotatable bonds is 2. The second-order valence-electron chi connectivity index (χ2n) is 4.89. The summed E-state index contributed by atoms with van der Waals surface area (Å²) in [6.45, 7) is 3.72. The Labute approximate surface area is 116 Å². The van der Waals surface area contributed by atoms with Gasteiger partial charge in [-0.15, -0.1) is 0 Å². The molecule has 20 heavy (non-hydrogen) atoms. The molecule has 2 heterocycles. The first-order valence-electron chi connectivity index (χ1n) is 6.41. The average molecular weight is 270 g/mol. The second-order valence-corrected chi connectivity index (χ2v) is 4.89. The van der Waals surface area contributed by atoms with Crippen molar-refractivity contribution in [1.29, 1.82) is 0 Å². The molecule has 4 nitrogen and oxygen atoms in total. The van der Waals surface area contributed by atoms with Gasteiger partial charge in [-0.3, -0.25) is 4.98 Å². The van der Waals surface area contributed by atoms with Gasteiger partial charge in [0.2, 0.25) is 5.95 Å². The minimum absolute atomic E-state index is 0.0995. The lowest BCUT2D eigenvalue weighted by Gasteiger charge is -2.17. The van der Waals surface area contributed by atoms with E-state index < -0.39 is 0 Å². The molecule has 0 amide bonds. The Kier molecular flexibility index (Phi) is 2.89. The standard InChI is InChI=1S/C15H15FN4/c1-9-3-4-11(7-12(9)16)10(2)20-14-5-6-18-8-13(14)19-15(20)17/h3-8,10H,1-2H3,(H2,17,19). The van der Waals surface area contributed by atoms with Crippen molar-refractivity contribution in [3.63, 3.8) is 0 Å². The maximum absolute atomic E-state index is 13.7. The number of anilines is 1. The molecule has 1 atom stereocenters. The van der Waals surface area contributed by atoms with E-state index in [1.807, 2.05) is 23.6 Å². The number of aromatic nitrogens is 3. The number of fused-ring (bicyclic) bond motifs is 1. The van der Waals surface area contributed by atoms with Crippen molar-refractivity contribution in [3.05, 3.63) is 53.6 Å². The van der Waals surface area contributed by atoms with Gasteiger partial charge >= 0.3 is 0 Å². The molecule has 0 saturated heterocycles. The maximum atomic E-state index is 13.7. The molecule has 0 aliphatic carbocycles. The summed E-state index contributed by atoms with van der Waals surface area (Å²) < 4.78 is 15.6. The predicted octanol–water partition coefficient (Wildman–Crippen LogP) is 3.07. The van der Waals surface area contributed by atoms with Gasteiger partial charge < -0.3 is 10.3 Å². The Hall–Kier alpha value is -2.43. The zero-order chi connectivity index (χ0) is 14.3. The predicted molar refractivity (Wildman–Crippen MR) is 76.9 cm³/mol. The van der Waals surface area contributed by atoms with Gasteiger partial charge in [0.15, 0.2) is 0 Å². The summed E-state index contributed by atoms with van der Waals surface area (Å²) in [4.78, 5) is 8.32. The van der Waals surface area contributed by atoms with Crippen LogP contribution < -0.4 is 5.73 Å². The Bertz CT molecular complexity index is 779. The van der Waals surface area contributed by atoms with Crippen LogP contribution in [0.3, 0.4) is 0 Å². The van der Waals surface area contributed by atoms with E-state index in [1.165, 1.54) is 0 Å². The van der Waals surface area contributed by atoms with E-state index in [2.05, 4.69) is 9.97 Å². The molecule has 5 heteroatoms. The van der Waals surface area contributed by atoms with Crippen LogP contribution in [0.4, 0.5) is 10.3 Å². The summed E-state index contributed by atoms with van der Waals surface area (Å²) in [5, 5.41) is 0. The number of benzene rings is 1. The van der Waals surface area contributed by atoms with Crippen LogP contribution in [0.15, 0.2) is 36.7 Å². The van der Waals surface area contributed by atoms with Crippen LogP contribution in [-0.2, 0) is 0 Å². The number of halogens is 1. The lowest BCUT2D eigenvalue weighted by molar-refractivity contribution is 0.604. The number of aryl methyl sites for hydroxylation is 1. The molecule has 3 aromatic rings. The molecule has 0 spiro atoms. The van der Waals surface area contributed by atoms with Gasteiger partial charge in [-0.05, 0) is 37.1 Å². The molecular formula is C15H15FN4. The molecule has 0 radical (unpaired) electrons. The first-order valence-corrected chi connectivity index (χ1v) is 6.41. The van der Waals surface area contributed by atoms with E-state index in [9.17, 15) is 4.39 Å². The van der Waals surface area contributed by atoms with E-state index in [4.69, 9.17) is 5.73 Å². The Morgan fingerprint density at radius 1 is 1.30 bits per heavy atom. The fraction of sp³-hybridized carbons (Fsp3) is 0.200. The summed E-state index contributed by atoms with van der Waals surface area (Å²) in [6, 6.07) is 7.00. The van der Waals surface area contributed by atoms with Crippen molar-refractivity contribution in [2.75, 3.05) is 5.73 Å². The first-order chi connectivity index (χ1) is 9.58. The third-order valence-corrected chi connectivity index (χ3v) is 3.58. The average Bonchev–Trinajstić information content (AvgIpc) is 2.77. The van der Waals surface area contributed by atoms with Crippen LogP contribution >= 0.6 is 0 Å². The number of pyridine rings is 1. The molecule has 1 aromatic carbocycles. The molecular weight excluding hydrogens is 255 g/mol. The van der Waals surface area contributed by atoms with Crippen molar-refractivity contribution >= 4 is 17.0 Å². The molecule has 3 rings (SSSR count). The number of nitrogens with zero attached hydrogens (tertiary/aromatic N) is 3. The van der Waals surface area contributed by atoms with E-state index in [-0.39, 0.29) is 11.9 Å². The van der Waals surface area contributed by atoms with Crippen LogP contribution in [0.5, 0.6) is 0 Å². The van der Waals surface area contributed by atoms with Crippen molar-refractivity contribution in [2.24, 2.45) is 0 Å². The van der Waals surface area contributed by atoms with Gasteiger partial charge in [0.05, 0.1) is 17.8 Å². The molecule has 0 bridgehead atoms. The molecule has 1 unspecified atom stereocenters. The van der Waals surface area contributed by atoms with Crippen molar-refractivity contribution in [3.8, 4) is 0 Å². The number of imidazole rings is 1. The molecule has 0 aliphatic rings. The Morgan fingerprint density at radius 2 is 2.10 bits per heavy atom. The van der Waals surface area contributed by atoms with E-state index in [0.717, 1.165) is 16.6 Å². The van der Waals surface area contributed by atoms with Gasteiger partial charge in [-0.1, -0.05) is 12.1 Å². The molecule has 0 saturated carbocycles. The van der Waals surface area contributed by atoms with Gasteiger partial charge in [0.25, 0.3) is 0 Å². The third kappa shape index (κ3) is 1.91. The van der Waals surface area contributed by atoms with E-state index in [0.29, 0.717) is 11.5 Å². The molecule has 0 aliphatic heterocycles. The zero-order valence-electron chi connectivity index (χ0n) is 11.3. The first kappa shape index (κ1) is 12.6. The quantitative estimate of drug-likeness (QED) is 0.778. The highest BCUT2D eigenvalue weighted by Gasteiger charge is 2.16. The highest BCUT2D eigenvalue weighted by Crippen LogP contribution is 2.27. The maximum Gasteiger partial charge on any atom is 0.201 e. The summed E-state index contributed by atoms with van der Waals surface area (Å²) in [7, 11) is 0. The fourth-order valence-electron chi connectivity index (χ4n) is 2.39. The van der Waals surface area contributed by atoms with Crippen LogP contribution in [0, 0.1) is 12.7 Å². The fourth-order valence-corrected chi connectivity index (χ4v) is 2.39. The monoisotopic (exact) mass is 270 g/mol. The summed E-state index contributed by atoms with van der Waals surface area (Å²) in [5.41, 5.74) is 9.11. The highest BCUT2D eigenvalue weighted by molar-refractivity contribution is 5.77. The van der Waals surface area contributed by atoms with Gasteiger partial charge in [0, 0.05) is 6.20 Å². The van der Waals surface area contributed by atoms with Gasteiger partial charge in [-0.2, -0.15) is 0 Å². The van der Waals surface area contributed by atoms with Gasteiger partial charge in [-0.25, -0.2) is 9.37 Å². The van der Waals surface area contributed by atoms with Gasteiger partial charge in [0.1, 0.15) is 11.3 Å². The van der Waals surface area contributed by atoms with Crippen LogP contribution in [0.2, 0.25) is 0 Å². The van der Waals surface area contributed by atoms with E-state index >= 15 is 0 Å². The Balaban J connectivity index is 2.14. The number of hydrogen-bond acceptors (Lipinski definition) is 3. The second kappa shape index (κ2) is 4.59. The van der Waals surface area contributed by atoms with Crippen molar-refractivity contribution in [2.45, 2.75) is 19.9 Å². The summed E-state index contributed by atoms with van der Waals surface area (Å²) in [5.74, 6) is 0.195. The van der Waals surface area contributed by atoms with Crippen molar-refractivity contribution in [1.82, 2.24) is 14.5 Å². The number of nitrogen functional groups attached to an aromatic ring is 1. The molecule has 2 aromatic heterocycles. The zero-order valence-corrected chi connectivity index (χ0v) is 11.3. The summed E-state index contributed by atoms with van der Waals surface area (Å²) >= 11 is 0. The van der Waals surface area contributed by atoms with Crippen molar-refractivity contribution < 1.29 is 4.39 Å². The SMILES string of the molecule is Cc1ccc(C(C)n2c(N)nc3cnccc32)cc1F. The van der Waals surface area contributed by atoms with Crippen LogP contribution in [0.1, 0.15) is 24.1 Å². The summed E-state index contributed by atoms with van der Waals surface area (Å²) in [6.07, 6.45) is 3.37. The van der Waals surface area contributed by atoms with E-state index in [1.54, 1.807) is 31.5 Å². The lowest BCUT2D eigenvalue weighted by atomic mass is 10.1. The minimum atomic E-state index is -0.209. The van der Waals surface area contributed by atoms with Crippen LogP contribution in [-0.4, -0.2) is 14.5 Å². The molecule has 0 fully saturated rings. The molecule has 2 N–H and O–H groups in total. The third-order valence-electron chi connectivity index (χ3n) is 3.58. The largest absolute Gasteiger partial charge is 0.369 e. The topological polar surface area (TPSA) is 56.7 Å². The number of hydrogen-bond donors (Lipinski definition) is 1. The lowest BCUT2D eigenvalue weighted by Crippen LogP contribution is -2.10.